The van der Waals surface area contributed by atoms with Crippen molar-refractivity contribution in [2.45, 2.75) is 37.0 Å². The van der Waals surface area contributed by atoms with Crippen molar-refractivity contribution in [3.05, 3.63) is 53.5 Å². The van der Waals surface area contributed by atoms with Gasteiger partial charge < -0.3 is 4.42 Å². The number of aryl methyl sites for hydroxylation is 2. The fraction of sp³-hybridized carbons (Fsp3) is 0.375. The van der Waals surface area contributed by atoms with Gasteiger partial charge in [-0.25, -0.2) is 13.1 Å². The smallest absolute Gasteiger partial charge is 0.240 e. The Morgan fingerprint density at radius 2 is 1.90 bits per heavy atom. The Hall–Kier alpha value is -1.59. The molecule has 112 valence electrons. The van der Waals surface area contributed by atoms with Crippen molar-refractivity contribution in [2.24, 2.45) is 0 Å². The summed E-state index contributed by atoms with van der Waals surface area (Å²) in [7, 11) is -3.43. The van der Waals surface area contributed by atoms with E-state index in [2.05, 4.69) is 4.72 Å². The average Bonchev–Trinajstić information content (AvgIpc) is 3.00. The summed E-state index contributed by atoms with van der Waals surface area (Å²) in [5, 5.41) is 0. The van der Waals surface area contributed by atoms with Gasteiger partial charge in [-0.1, -0.05) is 6.07 Å². The Kier molecular flexibility index (Phi) is 4.12. The molecular formula is C16H19NO3S. The fourth-order valence-electron chi connectivity index (χ4n) is 2.72. The third-order valence-corrected chi connectivity index (χ3v) is 5.37. The molecule has 21 heavy (non-hydrogen) atoms. The summed E-state index contributed by atoms with van der Waals surface area (Å²) in [6, 6.07) is 7.34. The molecule has 0 unspecified atom stereocenters. The third kappa shape index (κ3) is 3.36. The quantitative estimate of drug-likeness (QED) is 0.924. The lowest BCUT2D eigenvalue weighted by molar-refractivity contribution is 0.562. The van der Waals surface area contributed by atoms with Gasteiger partial charge in [0.1, 0.15) is 0 Å². The van der Waals surface area contributed by atoms with E-state index in [-0.39, 0.29) is 0 Å². The van der Waals surface area contributed by atoms with E-state index in [9.17, 15) is 8.42 Å². The SMILES string of the molecule is O=S(=O)(NCCc1ccoc1)c1ccc2c(c1)CCCC2. The first-order chi connectivity index (χ1) is 10.1. The van der Waals surface area contributed by atoms with E-state index in [0.717, 1.165) is 24.8 Å². The minimum Gasteiger partial charge on any atom is -0.472 e. The molecule has 1 aromatic carbocycles. The molecule has 0 radical (unpaired) electrons. The zero-order valence-corrected chi connectivity index (χ0v) is 12.7. The van der Waals surface area contributed by atoms with Crippen LogP contribution in [0, 0.1) is 0 Å². The molecule has 1 N–H and O–H groups in total. The molecule has 5 heteroatoms. The molecule has 1 aliphatic rings. The standard InChI is InChI=1S/C16H19NO3S/c18-21(19,17-9-7-13-8-10-20-12-13)16-6-5-14-3-1-2-4-15(14)11-16/h5-6,8,10-12,17H,1-4,7,9H2. The van der Waals surface area contributed by atoms with Gasteiger partial charge in [0.2, 0.25) is 10.0 Å². The normalized spacial score (nSPS) is 14.9. The van der Waals surface area contributed by atoms with Crippen LogP contribution in [-0.2, 0) is 29.3 Å². The van der Waals surface area contributed by atoms with Gasteiger partial charge in [0.05, 0.1) is 17.4 Å². The van der Waals surface area contributed by atoms with Crippen molar-refractivity contribution in [1.82, 2.24) is 4.72 Å². The molecule has 0 saturated heterocycles. The van der Waals surface area contributed by atoms with Gasteiger partial charge in [0.25, 0.3) is 0 Å². The van der Waals surface area contributed by atoms with Crippen LogP contribution in [0.3, 0.4) is 0 Å². The second-order valence-electron chi connectivity index (χ2n) is 5.42. The maximum atomic E-state index is 12.3. The summed E-state index contributed by atoms with van der Waals surface area (Å²) < 4.78 is 32.2. The van der Waals surface area contributed by atoms with E-state index in [1.165, 1.54) is 17.5 Å². The zero-order valence-electron chi connectivity index (χ0n) is 11.8. The number of fused-ring (bicyclic) bond motifs is 1. The van der Waals surface area contributed by atoms with Gasteiger partial charge in [0, 0.05) is 6.54 Å². The molecule has 1 aromatic heterocycles. The molecular weight excluding hydrogens is 286 g/mol. The lowest BCUT2D eigenvalue weighted by atomic mass is 9.92. The lowest BCUT2D eigenvalue weighted by Crippen LogP contribution is -2.26. The van der Waals surface area contributed by atoms with E-state index in [0.29, 0.717) is 17.9 Å². The average molecular weight is 305 g/mol. The number of furan rings is 1. The highest BCUT2D eigenvalue weighted by Gasteiger charge is 2.17. The maximum absolute atomic E-state index is 12.3. The first-order valence-electron chi connectivity index (χ1n) is 7.28. The Labute approximate surface area is 125 Å². The van der Waals surface area contributed by atoms with Gasteiger partial charge in [-0.05, 0) is 67.0 Å². The number of nitrogens with one attached hydrogen (secondary N) is 1. The summed E-state index contributed by atoms with van der Waals surface area (Å²) >= 11 is 0. The second-order valence-corrected chi connectivity index (χ2v) is 7.18. The van der Waals surface area contributed by atoms with Crippen LogP contribution in [-0.4, -0.2) is 15.0 Å². The lowest BCUT2D eigenvalue weighted by Gasteiger charge is -2.16. The Bertz CT molecular complexity index is 705. The maximum Gasteiger partial charge on any atom is 0.240 e. The van der Waals surface area contributed by atoms with E-state index < -0.39 is 10.0 Å². The number of benzene rings is 1. The highest BCUT2D eigenvalue weighted by Crippen LogP contribution is 2.24. The summed E-state index contributed by atoms with van der Waals surface area (Å²) in [5.74, 6) is 0. The number of sulfonamides is 1. The van der Waals surface area contributed by atoms with E-state index in [1.54, 1.807) is 18.6 Å². The molecule has 0 aliphatic heterocycles. The Morgan fingerprint density at radius 3 is 2.67 bits per heavy atom. The molecule has 0 bridgehead atoms. The molecule has 0 fully saturated rings. The van der Waals surface area contributed by atoms with Crippen molar-refractivity contribution < 1.29 is 12.8 Å². The number of hydrogen-bond acceptors (Lipinski definition) is 3. The molecule has 4 nitrogen and oxygen atoms in total. The van der Waals surface area contributed by atoms with Crippen LogP contribution in [0.2, 0.25) is 0 Å². The van der Waals surface area contributed by atoms with Crippen LogP contribution >= 0.6 is 0 Å². The van der Waals surface area contributed by atoms with Crippen molar-refractivity contribution in [1.29, 1.82) is 0 Å². The predicted octanol–water partition coefficient (Wildman–Crippen LogP) is 2.68. The zero-order chi connectivity index (χ0) is 14.7. The van der Waals surface area contributed by atoms with Gasteiger partial charge in [0.15, 0.2) is 0 Å². The molecule has 0 saturated carbocycles. The van der Waals surface area contributed by atoms with Gasteiger partial charge in [-0.15, -0.1) is 0 Å². The van der Waals surface area contributed by atoms with Crippen molar-refractivity contribution in [3.63, 3.8) is 0 Å². The number of hydrogen-bond donors (Lipinski definition) is 1. The summed E-state index contributed by atoms with van der Waals surface area (Å²) in [6.07, 6.45) is 8.23. The van der Waals surface area contributed by atoms with Crippen molar-refractivity contribution >= 4 is 10.0 Å². The molecule has 2 aromatic rings. The van der Waals surface area contributed by atoms with Gasteiger partial charge in [-0.2, -0.15) is 0 Å². The van der Waals surface area contributed by atoms with Crippen LogP contribution in [0.25, 0.3) is 0 Å². The third-order valence-electron chi connectivity index (χ3n) is 3.92. The minimum absolute atomic E-state index is 0.371. The Balaban J connectivity index is 1.69. The minimum atomic E-state index is -3.43. The summed E-state index contributed by atoms with van der Waals surface area (Å²) in [5.41, 5.74) is 3.46. The van der Waals surface area contributed by atoms with E-state index in [1.807, 2.05) is 18.2 Å². The number of rotatable bonds is 5. The first kappa shape index (κ1) is 14.4. The van der Waals surface area contributed by atoms with E-state index in [4.69, 9.17) is 4.42 Å². The predicted molar refractivity (Wildman–Crippen MR) is 80.7 cm³/mol. The molecule has 0 spiro atoms. The second kappa shape index (κ2) is 6.03. The van der Waals surface area contributed by atoms with E-state index >= 15 is 0 Å². The van der Waals surface area contributed by atoms with Crippen LogP contribution < -0.4 is 4.72 Å². The molecule has 3 rings (SSSR count). The van der Waals surface area contributed by atoms with Gasteiger partial charge >= 0.3 is 0 Å². The molecule has 1 aliphatic carbocycles. The molecule has 0 amide bonds. The summed E-state index contributed by atoms with van der Waals surface area (Å²) in [4.78, 5) is 0.371. The topological polar surface area (TPSA) is 59.3 Å². The largest absolute Gasteiger partial charge is 0.472 e. The van der Waals surface area contributed by atoms with Gasteiger partial charge in [-0.3, -0.25) is 0 Å². The molecule has 1 heterocycles. The van der Waals surface area contributed by atoms with Crippen LogP contribution in [0.1, 0.15) is 29.5 Å². The van der Waals surface area contributed by atoms with Crippen LogP contribution in [0.15, 0.2) is 46.1 Å². The monoisotopic (exact) mass is 305 g/mol. The summed E-state index contributed by atoms with van der Waals surface area (Å²) in [6.45, 7) is 0.374. The van der Waals surface area contributed by atoms with Crippen LogP contribution in [0.5, 0.6) is 0 Å². The van der Waals surface area contributed by atoms with Crippen LogP contribution in [0.4, 0.5) is 0 Å². The molecule has 0 atom stereocenters. The fourth-order valence-corrected chi connectivity index (χ4v) is 3.81. The van der Waals surface area contributed by atoms with Crippen molar-refractivity contribution in [3.8, 4) is 0 Å². The highest BCUT2D eigenvalue weighted by molar-refractivity contribution is 7.89. The first-order valence-corrected chi connectivity index (χ1v) is 8.76. The Morgan fingerprint density at radius 1 is 1.10 bits per heavy atom. The van der Waals surface area contributed by atoms with Crippen molar-refractivity contribution in [2.75, 3.05) is 6.54 Å². The highest BCUT2D eigenvalue weighted by atomic mass is 32.2.